The maximum Gasteiger partial charge on any atom is 0.187 e. The standard InChI is InChI=1S/C26H21F2NO/c27-24-12-6-4-10-20(24)14-22-17-29(16-19-8-2-1-3-9-19)18-23(26(22)30)15-21-11-5-7-13-25(21)28/h1-15H,16-18H2. The zero-order chi connectivity index (χ0) is 20.9. The van der Waals surface area contributed by atoms with Gasteiger partial charge in [0.05, 0.1) is 0 Å². The number of Topliss-reactive ketones (excluding diaryl/α,β-unsaturated/α-hetero) is 1. The number of benzene rings is 3. The zero-order valence-corrected chi connectivity index (χ0v) is 16.4. The first kappa shape index (κ1) is 19.9. The predicted molar refractivity (Wildman–Crippen MR) is 115 cm³/mol. The van der Waals surface area contributed by atoms with Crippen molar-refractivity contribution in [1.29, 1.82) is 0 Å². The summed E-state index contributed by atoms with van der Waals surface area (Å²) in [7, 11) is 0. The van der Waals surface area contributed by atoms with Gasteiger partial charge in [-0.25, -0.2) is 8.78 Å². The molecule has 150 valence electrons. The SMILES string of the molecule is O=C1C(=Cc2ccccc2F)CN(Cc2ccccc2)CC1=Cc1ccccc1F. The number of likely N-dealkylation sites (tertiary alicyclic amines) is 1. The molecule has 1 heterocycles. The Morgan fingerprint density at radius 1 is 0.700 bits per heavy atom. The van der Waals surface area contributed by atoms with Crippen molar-refractivity contribution in [1.82, 2.24) is 4.90 Å². The maximum atomic E-state index is 14.2. The van der Waals surface area contributed by atoms with E-state index >= 15 is 0 Å². The van der Waals surface area contributed by atoms with E-state index in [0.717, 1.165) is 5.56 Å². The van der Waals surface area contributed by atoms with Crippen molar-refractivity contribution < 1.29 is 13.6 Å². The second-order valence-electron chi connectivity index (χ2n) is 7.34. The second kappa shape index (κ2) is 8.97. The van der Waals surface area contributed by atoms with Gasteiger partial charge >= 0.3 is 0 Å². The number of hydrogen-bond donors (Lipinski definition) is 0. The minimum atomic E-state index is -0.377. The molecule has 0 aliphatic carbocycles. The molecular weight excluding hydrogens is 380 g/mol. The van der Waals surface area contributed by atoms with Crippen LogP contribution >= 0.6 is 0 Å². The van der Waals surface area contributed by atoms with E-state index in [-0.39, 0.29) is 17.4 Å². The molecule has 0 radical (unpaired) electrons. The Hall–Kier alpha value is -3.37. The molecule has 30 heavy (non-hydrogen) atoms. The number of hydrogen-bond acceptors (Lipinski definition) is 2. The Morgan fingerprint density at radius 3 is 1.67 bits per heavy atom. The van der Waals surface area contributed by atoms with E-state index in [2.05, 4.69) is 4.90 Å². The molecule has 0 spiro atoms. The molecule has 2 nitrogen and oxygen atoms in total. The molecule has 0 atom stereocenters. The molecule has 3 aromatic carbocycles. The second-order valence-corrected chi connectivity index (χ2v) is 7.34. The molecular formula is C26H21F2NO. The van der Waals surface area contributed by atoms with Gasteiger partial charge in [-0.15, -0.1) is 0 Å². The molecule has 1 aliphatic rings. The van der Waals surface area contributed by atoms with E-state index < -0.39 is 0 Å². The first-order chi connectivity index (χ1) is 14.6. The zero-order valence-electron chi connectivity index (χ0n) is 16.4. The highest BCUT2D eigenvalue weighted by Crippen LogP contribution is 2.25. The normalized spacial score (nSPS) is 17.6. The lowest BCUT2D eigenvalue weighted by Crippen LogP contribution is -2.37. The first-order valence-corrected chi connectivity index (χ1v) is 9.81. The van der Waals surface area contributed by atoms with E-state index in [1.807, 2.05) is 30.3 Å². The van der Waals surface area contributed by atoms with Crippen LogP contribution in [-0.2, 0) is 11.3 Å². The third-order valence-electron chi connectivity index (χ3n) is 5.09. The highest BCUT2D eigenvalue weighted by molar-refractivity contribution is 6.14. The Balaban J connectivity index is 1.71. The van der Waals surface area contributed by atoms with E-state index in [0.29, 0.717) is 41.9 Å². The molecule has 3 aromatic rings. The summed E-state index contributed by atoms with van der Waals surface area (Å²) >= 11 is 0. The quantitative estimate of drug-likeness (QED) is 0.537. The molecule has 1 aliphatic heterocycles. The van der Waals surface area contributed by atoms with Crippen LogP contribution in [0.1, 0.15) is 16.7 Å². The summed E-state index contributed by atoms with van der Waals surface area (Å²) in [6.45, 7) is 1.44. The Kier molecular flexibility index (Phi) is 5.96. The summed E-state index contributed by atoms with van der Waals surface area (Å²) in [6.07, 6.45) is 3.20. The van der Waals surface area contributed by atoms with Crippen LogP contribution in [0.15, 0.2) is 90.0 Å². The molecule has 0 N–H and O–H groups in total. The van der Waals surface area contributed by atoms with Gasteiger partial charge in [-0.3, -0.25) is 9.69 Å². The summed E-state index contributed by atoms with van der Waals surface area (Å²) in [5, 5.41) is 0. The summed E-state index contributed by atoms with van der Waals surface area (Å²) < 4.78 is 28.4. The number of piperidine rings is 1. The van der Waals surface area contributed by atoms with Gasteiger partial charge in [0.1, 0.15) is 11.6 Å². The smallest absolute Gasteiger partial charge is 0.187 e. The van der Waals surface area contributed by atoms with Crippen LogP contribution in [0.3, 0.4) is 0 Å². The van der Waals surface area contributed by atoms with Crippen LogP contribution < -0.4 is 0 Å². The number of rotatable bonds is 4. The van der Waals surface area contributed by atoms with Crippen molar-refractivity contribution in [2.75, 3.05) is 13.1 Å². The topological polar surface area (TPSA) is 20.3 Å². The van der Waals surface area contributed by atoms with Gasteiger partial charge in [0.15, 0.2) is 5.78 Å². The van der Waals surface area contributed by atoms with Crippen LogP contribution in [0.25, 0.3) is 12.2 Å². The van der Waals surface area contributed by atoms with Gasteiger partial charge in [-0.05, 0) is 29.8 Å². The average Bonchev–Trinajstić information content (AvgIpc) is 2.75. The van der Waals surface area contributed by atoms with Crippen LogP contribution in [0, 0.1) is 11.6 Å². The van der Waals surface area contributed by atoms with Crippen LogP contribution in [0.5, 0.6) is 0 Å². The van der Waals surface area contributed by atoms with Gasteiger partial charge in [0.2, 0.25) is 0 Å². The number of ketones is 1. The van der Waals surface area contributed by atoms with E-state index in [1.165, 1.54) is 12.1 Å². The number of carbonyl (C=O) groups is 1. The van der Waals surface area contributed by atoms with Crippen LogP contribution in [-0.4, -0.2) is 23.8 Å². The molecule has 0 bridgehead atoms. The highest BCUT2D eigenvalue weighted by Gasteiger charge is 2.26. The fourth-order valence-corrected chi connectivity index (χ4v) is 3.62. The lowest BCUT2D eigenvalue weighted by atomic mass is 9.93. The molecule has 0 saturated carbocycles. The Morgan fingerprint density at radius 2 is 1.17 bits per heavy atom. The van der Waals surface area contributed by atoms with Gasteiger partial charge in [0, 0.05) is 41.9 Å². The van der Waals surface area contributed by atoms with Crippen molar-refractivity contribution >= 4 is 17.9 Å². The molecule has 0 unspecified atom stereocenters. The van der Waals surface area contributed by atoms with E-state index in [1.54, 1.807) is 48.6 Å². The predicted octanol–water partition coefficient (Wildman–Crippen LogP) is 5.52. The molecule has 1 saturated heterocycles. The van der Waals surface area contributed by atoms with Gasteiger partial charge in [-0.1, -0.05) is 66.7 Å². The molecule has 0 amide bonds. The average molecular weight is 401 g/mol. The van der Waals surface area contributed by atoms with Crippen molar-refractivity contribution in [3.8, 4) is 0 Å². The van der Waals surface area contributed by atoms with E-state index in [4.69, 9.17) is 0 Å². The molecule has 4 rings (SSSR count). The monoisotopic (exact) mass is 401 g/mol. The fraction of sp³-hybridized carbons (Fsp3) is 0.115. The summed E-state index contributed by atoms with van der Waals surface area (Å²) in [4.78, 5) is 15.3. The van der Waals surface area contributed by atoms with Crippen LogP contribution in [0.4, 0.5) is 8.78 Å². The molecule has 4 heteroatoms. The van der Waals surface area contributed by atoms with Crippen molar-refractivity contribution in [3.63, 3.8) is 0 Å². The van der Waals surface area contributed by atoms with Gasteiger partial charge in [0.25, 0.3) is 0 Å². The van der Waals surface area contributed by atoms with Crippen molar-refractivity contribution in [2.45, 2.75) is 6.54 Å². The fourth-order valence-electron chi connectivity index (χ4n) is 3.62. The largest absolute Gasteiger partial charge is 0.290 e. The van der Waals surface area contributed by atoms with Gasteiger partial charge < -0.3 is 0 Å². The van der Waals surface area contributed by atoms with Crippen molar-refractivity contribution in [3.05, 3.63) is 118 Å². The van der Waals surface area contributed by atoms with E-state index in [9.17, 15) is 13.6 Å². The summed E-state index contributed by atoms with van der Waals surface area (Å²) in [6, 6.07) is 22.7. The third-order valence-corrected chi connectivity index (χ3v) is 5.09. The van der Waals surface area contributed by atoms with Crippen LogP contribution in [0.2, 0.25) is 0 Å². The lowest BCUT2D eigenvalue weighted by molar-refractivity contribution is -0.113. The van der Waals surface area contributed by atoms with Gasteiger partial charge in [-0.2, -0.15) is 0 Å². The first-order valence-electron chi connectivity index (χ1n) is 9.81. The maximum absolute atomic E-state index is 14.2. The number of halogens is 2. The number of nitrogens with zero attached hydrogens (tertiary/aromatic N) is 1. The summed E-state index contributed by atoms with van der Waals surface area (Å²) in [5.74, 6) is -0.930. The Labute approximate surface area is 174 Å². The minimum absolute atomic E-state index is 0.175. The third kappa shape index (κ3) is 4.61. The molecule has 1 fully saturated rings. The molecule has 0 aromatic heterocycles. The lowest BCUT2D eigenvalue weighted by Gasteiger charge is -2.30. The Bertz CT molecular complexity index is 1050. The van der Waals surface area contributed by atoms with Crippen molar-refractivity contribution in [2.24, 2.45) is 0 Å². The minimum Gasteiger partial charge on any atom is -0.290 e. The highest BCUT2D eigenvalue weighted by atomic mass is 19.1. The number of carbonyl (C=O) groups excluding carboxylic acids is 1. The summed E-state index contributed by atoms with van der Waals surface area (Å²) in [5.41, 5.74) is 2.83.